The zero-order chi connectivity index (χ0) is 20.4. The Hall–Kier alpha value is -3.15. The normalized spacial score (nSPS) is 18.6. The summed E-state index contributed by atoms with van der Waals surface area (Å²) in [6, 6.07) is 18.0. The molecule has 29 heavy (non-hydrogen) atoms. The highest BCUT2D eigenvalue weighted by Gasteiger charge is 2.40. The van der Waals surface area contributed by atoms with Crippen molar-refractivity contribution in [2.45, 2.75) is 38.8 Å². The van der Waals surface area contributed by atoms with E-state index in [1.54, 1.807) is 7.11 Å². The Balaban J connectivity index is 1.84. The SMILES string of the molecule is COc1ccccc1[C@@H]1C[C@@H](c2ccccc2)N(C(=O)CC(C)C)c2ncnn21. The van der Waals surface area contributed by atoms with E-state index in [1.807, 2.05) is 46.0 Å². The molecule has 2 atom stereocenters. The van der Waals surface area contributed by atoms with Gasteiger partial charge in [0.1, 0.15) is 12.1 Å². The standard InChI is InChI=1S/C23H26N4O2/c1-16(2)13-22(28)26-19(17-9-5-4-6-10-17)14-20(27-23(26)24-15-25-27)18-11-7-8-12-21(18)29-3/h4-12,15-16,19-20H,13-14H2,1-3H3/t19-,20-/m0/s1. The Morgan fingerprint density at radius 1 is 1.10 bits per heavy atom. The van der Waals surface area contributed by atoms with Crippen molar-refractivity contribution in [3.8, 4) is 5.75 Å². The fourth-order valence-electron chi connectivity index (χ4n) is 4.09. The molecule has 0 radical (unpaired) electrons. The number of hydrogen-bond donors (Lipinski definition) is 0. The van der Waals surface area contributed by atoms with Gasteiger partial charge in [0.25, 0.3) is 0 Å². The molecule has 3 aromatic rings. The molecular weight excluding hydrogens is 364 g/mol. The molecule has 0 fully saturated rings. The lowest BCUT2D eigenvalue weighted by Gasteiger charge is -2.39. The molecule has 0 bridgehead atoms. The van der Waals surface area contributed by atoms with Crippen molar-refractivity contribution in [2.75, 3.05) is 12.0 Å². The number of para-hydroxylation sites is 1. The predicted molar refractivity (Wildman–Crippen MR) is 112 cm³/mol. The molecule has 0 aliphatic carbocycles. The Morgan fingerprint density at radius 3 is 2.55 bits per heavy atom. The number of ether oxygens (including phenoxy) is 1. The van der Waals surface area contributed by atoms with Crippen LogP contribution in [0.15, 0.2) is 60.9 Å². The van der Waals surface area contributed by atoms with Gasteiger partial charge in [-0.2, -0.15) is 10.1 Å². The van der Waals surface area contributed by atoms with Gasteiger partial charge in [0.05, 0.1) is 19.2 Å². The molecule has 2 aromatic carbocycles. The smallest absolute Gasteiger partial charge is 0.231 e. The fourth-order valence-corrected chi connectivity index (χ4v) is 4.09. The summed E-state index contributed by atoms with van der Waals surface area (Å²) >= 11 is 0. The van der Waals surface area contributed by atoms with Gasteiger partial charge in [0.15, 0.2) is 0 Å². The molecule has 1 aromatic heterocycles. The summed E-state index contributed by atoms with van der Waals surface area (Å²) in [6.45, 7) is 4.11. The first-order valence-electron chi connectivity index (χ1n) is 9.99. The zero-order valence-corrected chi connectivity index (χ0v) is 17.0. The molecule has 150 valence electrons. The van der Waals surface area contributed by atoms with Crippen LogP contribution in [0.2, 0.25) is 0 Å². The summed E-state index contributed by atoms with van der Waals surface area (Å²) in [7, 11) is 1.68. The van der Waals surface area contributed by atoms with Gasteiger partial charge in [-0.1, -0.05) is 62.4 Å². The molecule has 0 unspecified atom stereocenters. The Bertz CT molecular complexity index is 983. The lowest BCUT2D eigenvalue weighted by atomic mass is 9.91. The molecule has 0 N–H and O–H groups in total. The second-order valence-electron chi connectivity index (χ2n) is 7.79. The third-order valence-corrected chi connectivity index (χ3v) is 5.36. The summed E-state index contributed by atoms with van der Waals surface area (Å²) in [5.74, 6) is 1.74. The second kappa shape index (κ2) is 8.07. The fraction of sp³-hybridized carbons (Fsp3) is 0.348. The predicted octanol–water partition coefficient (Wildman–Crippen LogP) is 4.40. The van der Waals surface area contributed by atoms with Crippen LogP contribution in [0.25, 0.3) is 0 Å². The maximum absolute atomic E-state index is 13.2. The first-order chi connectivity index (χ1) is 14.1. The number of carbonyl (C=O) groups excluding carboxylic acids is 1. The highest BCUT2D eigenvalue weighted by molar-refractivity contribution is 5.93. The summed E-state index contributed by atoms with van der Waals surface area (Å²) in [5, 5.41) is 4.49. The molecule has 4 rings (SSSR count). The topological polar surface area (TPSA) is 60.2 Å². The number of anilines is 1. The van der Waals surface area contributed by atoms with Crippen LogP contribution in [0.3, 0.4) is 0 Å². The highest BCUT2D eigenvalue weighted by atomic mass is 16.5. The molecule has 1 amide bonds. The Kier molecular flexibility index (Phi) is 5.34. The van der Waals surface area contributed by atoms with Crippen molar-refractivity contribution in [2.24, 2.45) is 5.92 Å². The van der Waals surface area contributed by atoms with Crippen LogP contribution < -0.4 is 9.64 Å². The molecule has 0 saturated carbocycles. The second-order valence-corrected chi connectivity index (χ2v) is 7.79. The summed E-state index contributed by atoms with van der Waals surface area (Å²) in [5.41, 5.74) is 2.14. The maximum atomic E-state index is 13.2. The van der Waals surface area contributed by atoms with Gasteiger partial charge >= 0.3 is 0 Å². The van der Waals surface area contributed by atoms with Gasteiger partial charge in [-0.25, -0.2) is 4.68 Å². The van der Waals surface area contributed by atoms with Crippen LogP contribution in [0.1, 0.15) is 49.9 Å². The Labute approximate surface area is 171 Å². The van der Waals surface area contributed by atoms with E-state index in [2.05, 4.69) is 42.1 Å². The van der Waals surface area contributed by atoms with Gasteiger partial charge < -0.3 is 4.74 Å². The van der Waals surface area contributed by atoms with Crippen molar-refractivity contribution >= 4 is 11.9 Å². The van der Waals surface area contributed by atoms with E-state index in [9.17, 15) is 4.79 Å². The molecular formula is C23H26N4O2. The maximum Gasteiger partial charge on any atom is 0.231 e. The average molecular weight is 390 g/mol. The third kappa shape index (κ3) is 3.62. The van der Waals surface area contributed by atoms with E-state index in [1.165, 1.54) is 6.33 Å². The van der Waals surface area contributed by atoms with Gasteiger partial charge in [-0.15, -0.1) is 0 Å². The van der Waals surface area contributed by atoms with E-state index in [4.69, 9.17) is 4.74 Å². The van der Waals surface area contributed by atoms with Crippen molar-refractivity contribution in [3.05, 3.63) is 72.1 Å². The number of hydrogen-bond acceptors (Lipinski definition) is 4. The van der Waals surface area contributed by atoms with Gasteiger partial charge in [0, 0.05) is 12.0 Å². The van der Waals surface area contributed by atoms with Crippen molar-refractivity contribution in [1.82, 2.24) is 14.8 Å². The van der Waals surface area contributed by atoms with E-state index < -0.39 is 0 Å². The van der Waals surface area contributed by atoms with E-state index in [0.29, 0.717) is 18.8 Å². The third-order valence-electron chi connectivity index (χ3n) is 5.36. The average Bonchev–Trinajstić information content (AvgIpc) is 3.22. The summed E-state index contributed by atoms with van der Waals surface area (Å²) in [4.78, 5) is 19.6. The quantitative estimate of drug-likeness (QED) is 0.648. The Morgan fingerprint density at radius 2 is 1.83 bits per heavy atom. The molecule has 0 spiro atoms. The number of benzene rings is 2. The number of amides is 1. The minimum atomic E-state index is -0.117. The lowest BCUT2D eigenvalue weighted by molar-refractivity contribution is -0.120. The number of methoxy groups -OCH3 is 1. The minimum Gasteiger partial charge on any atom is -0.496 e. The zero-order valence-electron chi connectivity index (χ0n) is 17.0. The lowest BCUT2D eigenvalue weighted by Crippen LogP contribution is -2.43. The van der Waals surface area contributed by atoms with E-state index in [0.717, 1.165) is 16.9 Å². The van der Waals surface area contributed by atoms with Gasteiger partial charge in [-0.3, -0.25) is 9.69 Å². The number of carbonyl (C=O) groups is 1. The van der Waals surface area contributed by atoms with Crippen LogP contribution >= 0.6 is 0 Å². The van der Waals surface area contributed by atoms with Crippen LogP contribution in [0.5, 0.6) is 5.75 Å². The van der Waals surface area contributed by atoms with Crippen molar-refractivity contribution < 1.29 is 9.53 Å². The highest BCUT2D eigenvalue weighted by Crippen LogP contribution is 2.44. The molecule has 0 saturated heterocycles. The van der Waals surface area contributed by atoms with Crippen molar-refractivity contribution in [1.29, 1.82) is 0 Å². The van der Waals surface area contributed by atoms with Crippen LogP contribution in [-0.4, -0.2) is 27.8 Å². The first-order valence-corrected chi connectivity index (χ1v) is 9.99. The number of fused-ring (bicyclic) bond motifs is 1. The summed E-state index contributed by atoms with van der Waals surface area (Å²) in [6.07, 6.45) is 2.70. The number of rotatable bonds is 5. The van der Waals surface area contributed by atoms with Gasteiger partial charge in [-0.05, 0) is 24.0 Å². The number of aromatic nitrogens is 3. The van der Waals surface area contributed by atoms with Crippen LogP contribution in [0, 0.1) is 5.92 Å². The summed E-state index contributed by atoms with van der Waals surface area (Å²) < 4.78 is 7.47. The first kappa shape index (κ1) is 19.2. The van der Waals surface area contributed by atoms with Crippen LogP contribution in [-0.2, 0) is 4.79 Å². The molecule has 2 heterocycles. The van der Waals surface area contributed by atoms with Gasteiger partial charge in [0.2, 0.25) is 11.9 Å². The minimum absolute atomic E-state index is 0.0709. The van der Waals surface area contributed by atoms with E-state index in [-0.39, 0.29) is 23.9 Å². The molecule has 6 nitrogen and oxygen atoms in total. The molecule has 1 aliphatic heterocycles. The molecule has 6 heteroatoms. The largest absolute Gasteiger partial charge is 0.496 e. The van der Waals surface area contributed by atoms with Crippen molar-refractivity contribution in [3.63, 3.8) is 0 Å². The van der Waals surface area contributed by atoms with Crippen LogP contribution in [0.4, 0.5) is 5.95 Å². The number of nitrogens with zero attached hydrogens (tertiary/aromatic N) is 4. The monoisotopic (exact) mass is 390 g/mol. The molecule has 1 aliphatic rings. The van der Waals surface area contributed by atoms with E-state index >= 15 is 0 Å².